The zero-order chi connectivity index (χ0) is 16.2. The maximum atomic E-state index is 12.4. The Morgan fingerprint density at radius 3 is 2.57 bits per heavy atom. The van der Waals surface area contributed by atoms with Crippen LogP contribution in [0.2, 0.25) is 0 Å². The first-order chi connectivity index (χ1) is 11.1. The summed E-state index contributed by atoms with van der Waals surface area (Å²) < 4.78 is 0. The highest BCUT2D eigenvalue weighted by molar-refractivity contribution is 5.76. The van der Waals surface area contributed by atoms with Gasteiger partial charge in [0.25, 0.3) is 0 Å². The van der Waals surface area contributed by atoms with Gasteiger partial charge in [0, 0.05) is 38.6 Å². The first kappa shape index (κ1) is 16.5. The molecule has 1 heterocycles. The van der Waals surface area contributed by atoms with Crippen LogP contribution in [0.3, 0.4) is 0 Å². The summed E-state index contributed by atoms with van der Waals surface area (Å²) in [5.74, 6) is 0.264. The molecule has 1 aliphatic carbocycles. The Kier molecular flexibility index (Phi) is 5.34. The molecule has 2 aliphatic rings. The number of nitrogens with zero attached hydrogens (tertiary/aromatic N) is 2. The molecule has 4 nitrogen and oxygen atoms in total. The van der Waals surface area contributed by atoms with E-state index in [-0.39, 0.29) is 12.0 Å². The monoisotopic (exact) mass is 316 g/mol. The second-order valence-electron chi connectivity index (χ2n) is 6.91. The third-order valence-electron chi connectivity index (χ3n) is 5.45. The molecule has 23 heavy (non-hydrogen) atoms. The summed E-state index contributed by atoms with van der Waals surface area (Å²) in [6.07, 6.45) is 4.41. The van der Waals surface area contributed by atoms with E-state index in [4.69, 9.17) is 0 Å². The van der Waals surface area contributed by atoms with E-state index in [0.717, 1.165) is 51.9 Å². The maximum Gasteiger partial charge on any atom is 0.222 e. The van der Waals surface area contributed by atoms with Gasteiger partial charge in [-0.25, -0.2) is 0 Å². The van der Waals surface area contributed by atoms with Gasteiger partial charge in [-0.1, -0.05) is 24.3 Å². The van der Waals surface area contributed by atoms with Crippen molar-refractivity contribution >= 4 is 5.91 Å². The van der Waals surface area contributed by atoms with Gasteiger partial charge in [-0.05, 0) is 43.7 Å². The minimum atomic E-state index is -0.168. The summed E-state index contributed by atoms with van der Waals surface area (Å²) >= 11 is 0. The molecule has 1 aromatic rings. The van der Waals surface area contributed by atoms with E-state index in [1.807, 2.05) is 17.0 Å². The molecular weight excluding hydrogens is 288 g/mol. The third kappa shape index (κ3) is 3.93. The number of aliphatic hydroxyl groups is 1. The molecule has 0 aromatic heterocycles. The van der Waals surface area contributed by atoms with Crippen LogP contribution in [0.15, 0.2) is 24.3 Å². The smallest absolute Gasteiger partial charge is 0.222 e. The highest BCUT2D eigenvalue weighted by Crippen LogP contribution is 2.25. The van der Waals surface area contributed by atoms with Gasteiger partial charge in [0.1, 0.15) is 0 Å². The standard InChI is InChI=1S/C19H28N2O2/c1-15-5-2-3-6-16(15)9-10-19(23)21-13-11-20(12-14-21)17-7-4-8-18(17)22/h2-3,5-6,17-18,22H,4,7-14H2,1H3. The number of carbonyl (C=O) groups is 1. The molecule has 3 rings (SSSR count). The first-order valence-electron chi connectivity index (χ1n) is 8.89. The van der Waals surface area contributed by atoms with E-state index in [1.54, 1.807) is 0 Å². The summed E-state index contributed by atoms with van der Waals surface area (Å²) in [5, 5.41) is 10.0. The molecule has 4 heteroatoms. The van der Waals surface area contributed by atoms with Crippen LogP contribution >= 0.6 is 0 Å². The molecular formula is C19H28N2O2. The van der Waals surface area contributed by atoms with Crippen molar-refractivity contribution in [2.45, 2.75) is 51.2 Å². The molecule has 0 spiro atoms. The van der Waals surface area contributed by atoms with Crippen molar-refractivity contribution in [2.75, 3.05) is 26.2 Å². The van der Waals surface area contributed by atoms with Gasteiger partial charge in [0.05, 0.1) is 6.10 Å². The molecule has 0 radical (unpaired) electrons. The summed E-state index contributed by atoms with van der Waals surface area (Å²) in [4.78, 5) is 16.8. The summed E-state index contributed by atoms with van der Waals surface area (Å²) in [7, 11) is 0. The Morgan fingerprint density at radius 1 is 1.17 bits per heavy atom. The molecule has 1 aliphatic heterocycles. The normalized spacial score (nSPS) is 25.7. The van der Waals surface area contributed by atoms with Gasteiger partial charge in [0.15, 0.2) is 0 Å². The van der Waals surface area contributed by atoms with Crippen molar-refractivity contribution in [1.82, 2.24) is 9.80 Å². The molecule has 1 saturated carbocycles. The molecule has 126 valence electrons. The molecule has 2 fully saturated rings. The van der Waals surface area contributed by atoms with Crippen LogP contribution in [-0.2, 0) is 11.2 Å². The van der Waals surface area contributed by atoms with E-state index in [9.17, 15) is 9.90 Å². The molecule has 2 unspecified atom stereocenters. The van der Waals surface area contributed by atoms with Crippen LogP contribution in [0, 0.1) is 6.92 Å². The first-order valence-corrected chi connectivity index (χ1v) is 8.89. The fourth-order valence-electron chi connectivity index (χ4n) is 3.94. The Labute approximate surface area is 139 Å². The van der Waals surface area contributed by atoms with Crippen LogP contribution in [0.4, 0.5) is 0 Å². The second kappa shape index (κ2) is 7.45. The topological polar surface area (TPSA) is 43.8 Å². The van der Waals surface area contributed by atoms with Gasteiger partial charge in [0.2, 0.25) is 5.91 Å². The zero-order valence-electron chi connectivity index (χ0n) is 14.1. The van der Waals surface area contributed by atoms with Gasteiger partial charge in [-0.15, -0.1) is 0 Å². The Morgan fingerprint density at radius 2 is 1.91 bits per heavy atom. The maximum absolute atomic E-state index is 12.4. The van der Waals surface area contributed by atoms with Crippen molar-refractivity contribution in [2.24, 2.45) is 0 Å². The molecule has 1 amide bonds. The number of hydrogen-bond donors (Lipinski definition) is 1. The van der Waals surface area contributed by atoms with Crippen molar-refractivity contribution in [1.29, 1.82) is 0 Å². The van der Waals surface area contributed by atoms with E-state index >= 15 is 0 Å². The number of aryl methyl sites for hydroxylation is 2. The van der Waals surface area contributed by atoms with Crippen molar-refractivity contribution in [3.63, 3.8) is 0 Å². The average molecular weight is 316 g/mol. The van der Waals surface area contributed by atoms with E-state index in [1.165, 1.54) is 11.1 Å². The lowest BCUT2D eigenvalue weighted by atomic mass is 10.0. The van der Waals surface area contributed by atoms with Crippen molar-refractivity contribution in [3.8, 4) is 0 Å². The lowest BCUT2D eigenvalue weighted by Crippen LogP contribution is -2.53. The summed E-state index contributed by atoms with van der Waals surface area (Å²) in [5.41, 5.74) is 2.54. The van der Waals surface area contributed by atoms with Crippen molar-refractivity contribution in [3.05, 3.63) is 35.4 Å². The summed E-state index contributed by atoms with van der Waals surface area (Å²) in [6, 6.07) is 8.61. The quantitative estimate of drug-likeness (QED) is 0.924. The Bertz CT molecular complexity index is 538. The molecule has 1 aromatic carbocycles. The van der Waals surface area contributed by atoms with Gasteiger partial charge in [-0.2, -0.15) is 0 Å². The number of benzene rings is 1. The lowest BCUT2D eigenvalue weighted by Gasteiger charge is -2.39. The number of piperazine rings is 1. The van der Waals surface area contributed by atoms with Crippen LogP contribution in [0.25, 0.3) is 0 Å². The van der Waals surface area contributed by atoms with E-state index in [0.29, 0.717) is 12.5 Å². The van der Waals surface area contributed by atoms with E-state index in [2.05, 4.69) is 24.0 Å². The fraction of sp³-hybridized carbons (Fsp3) is 0.632. The average Bonchev–Trinajstić information content (AvgIpc) is 3.00. The number of carbonyl (C=O) groups excluding carboxylic acids is 1. The second-order valence-corrected chi connectivity index (χ2v) is 6.91. The third-order valence-corrected chi connectivity index (χ3v) is 5.45. The van der Waals surface area contributed by atoms with Gasteiger partial charge >= 0.3 is 0 Å². The number of amides is 1. The number of rotatable bonds is 4. The minimum Gasteiger partial charge on any atom is -0.391 e. The molecule has 1 N–H and O–H groups in total. The summed E-state index contributed by atoms with van der Waals surface area (Å²) in [6.45, 7) is 5.51. The van der Waals surface area contributed by atoms with Crippen LogP contribution in [0.1, 0.15) is 36.8 Å². The Hall–Kier alpha value is -1.39. The predicted octanol–water partition coefficient (Wildman–Crippen LogP) is 1.99. The fourth-order valence-corrected chi connectivity index (χ4v) is 3.94. The molecule has 1 saturated heterocycles. The molecule has 0 bridgehead atoms. The lowest BCUT2D eigenvalue weighted by molar-refractivity contribution is -0.133. The SMILES string of the molecule is Cc1ccccc1CCC(=O)N1CCN(C2CCCC2O)CC1. The number of aliphatic hydroxyl groups excluding tert-OH is 1. The zero-order valence-corrected chi connectivity index (χ0v) is 14.1. The van der Waals surface area contributed by atoms with Crippen LogP contribution in [-0.4, -0.2) is 59.1 Å². The van der Waals surface area contributed by atoms with E-state index < -0.39 is 0 Å². The van der Waals surface area contributed by atoms with Crippen LogP contribution in [0.5, 0.6) is 0 Å². The van der Waals surface area contributed by atoms with Crippen molar-refractivity contribution < 1.29 is 9.90 Å². The Balaban J connectivity index is 1.46. The minimum absolute atomic E-state index is 0.168. The highest BCUT2D eigenvalue weighted by Gasteiger charge is 2.33. The van der Waals surface area contributed by atoms with Gasteiger partial charge < -0.3 is 10.0 Å². The largest absolute Gasteiger partial charge is 0.391 e. The predicted molar refractivity (Wildman–Crippen MR) is 91.3 cm³/mol. The van der Waals surface area contributed by atoms with Crippen LogP contribution < -0.4 is 0 Å². The van der Waals surface area contributed by atoms with Gasteiger partial charge in [-0.3, -0.25) is 9.69 Å². The number of hydrogen-bond acceptors (Lipinski definition) is 3. The molecule has 2 atom stereocenters. The highest BCUT2D eigenvalue weighted by atomic mass is 16.3.